The lowest BCUT2D eigenvalue weighted by Crippen LogP contribution is -2.39. The van der Waals surface area contributed by atoms with Crippen LogP contribution >= 0.6 is 0 Å². The largest absolute Gasteiger partial charge is 0.336 e. The number of nitrogens with zero attached hydrogens (tertiary/aromatic N) is 1. The van der Waals surface area contributed by atoms with Crippen molar-refractivity contribution >= 4 is 5.91 Å². The highest BCUT2D eigenvalue weighted by atomic mass is 16.2. The highest BCUT2D eigenvalue weighted by Gasteiger charge is 2.68. The van der Waals surface area contributed by atoms with Gasteiger partial charge in [-0.3, -0.25) is 4.79 Å². The van der Waals surface area contributed by atoms with E-state index in [-0.39, 0.29) is 0 Å². The van der Waals surface area contributed by atoms with Crippen molar-refractivity contribution in [1.82, 2.24) is 4.90 Å². The molecule has 3 atom stereocenters. The van der Waals surface area contributed by atoms with Crippen LogP contribution in [0.15, 0.2) is 0 Å². The van der Waals surface area contributed by atoms with Crippen molar-refractivity contribution in [2.24, 2.45) is 11.3 Å². The Balaban J connectivity index is 1.72. The van der Waals surface area contributed by atoms with E-state index in [0.29, 0.717) is 29.3 Å². The molecule has 3 unspecified atom stereocenters. The monoisotopic (exact) mass is 193 g/mol. The minimum absolute atomic E-state index is 0.425. The van der Waals surface area contributed by atoms with Gasteiger partial charge in [-0.15, -0.1) is 0 Å². The molecule has 2 nitrogen and oxygen atoms in total. The molecule has 3 fully saturated rings. The van der Waals surface area contributed by atoms with E-state index in [1.807, 2.05) is 0 Å². The lowest BCUT2D eigenvalue weighted by atomic mass is 10.1. The molecule has 0 aromatic rings. The molecule has 2 heteroatoms. The van der Waals surface area contributed by atoms with E-state index in [1.165, 1.54) is 25.7 Å². The second-order valence-electron chi connectivity index (χ2n) is 5.88. The molecule has 0 aromatic heterocycles. The molecule has 1 heterocycles. The smallest absolute Gasteiger partial charge is 0.223 e. The van der Waals surface area contributed by atoms with Crippen molar-refractivity contribution in [3.63, 3.8) is 0 Å². The molecule has 1 aliphatic heterocycles. The van der Waals surface area contributed by atoms with Crippen molar-refractivity contribution in [3.8, 4) is 0 Å². The van der Waals surface area contributed by atoms with E-state index in [2.05, 4.69) is 18.7 Å². The third-order valence-corrected chi connectivity index (χ3v) is 4.36. The Hall–Kier alpha value is -0.530. The second kappa shape index (κ2) is 2.53. The van der Waals surface area contributed by atoms with Gasteiger partial charge >= 0.3 is 0 Å². The molecule has 0 radical (unpaired) electrons. The number of carbonyl (C=O) groups is 1. The van der Waals surface area contributed by atoms with Gasteiger partial charge in [0.15, 0.2) is 0 Å². The summed E-state index contributed by atoms with van der Waals surface area (Å²) in [5.74, 6) is 0.936. The van der Waals surface area contributed by atoms with Crippen molar-refractivity contribution in [2.45, 2.75) is 58.0 Å². The summed E-state index contributed by atoms with van der Waals surface area (Å²) < 4.78 is 0. The summed E-state index contributed by atoms with van der Waals surface area (Å²) >= 11 is 0. The molecule has 1 saturated heterocycles. The summed E-state index contributed by atoms with van der Waals surface area (Å²) in [6.07, 6.45) is 6.06. The molecule has 0 aromatic carbocycles. The number of carbonyl (C=O) groups excluding carboxylic acids is 1. The van der Waals surface area contributed by atoms with Gasteiger partial charge in [0.1, 0.15) is 0 Å². The number of amides is 1. The summed E-state index contributed by atoms with van der Waals surface area (Å²) in [6.45, 7) is 4.27. The number of hydrogen-bond acceptors (Lipinski definition) is 1. The number of likely N-dealkylation sites (tertiary alicyclic amines) is 1. The Morgan fingerprint density at radius 1 is 1.50 bits per heavy atom. The van der Waals surface area contributed by atoms with Gasteiger partial charge < -0.3 is 4.90 Å². The van der Waals surface area contributed by atoms with E-state index in [4.69, 9.17) is 0 Å². The van der Waals surface area contributed by atoms with Gasteiger partial charge in [0, 0.05) is 18.5 Å². The minimum Gasteiger partial charge on any atom is -0.336 e. The first kappa shape index (κ1) is 8.75. The molecule has 78 valence electrons. The van der Waals surface area contributed by atoms with E-state index in [1.54, 1.807) is 0 Å². The third kappa shape index (κ3) is 0.999. The first-order chi connectivity index (χ1) is 6.62. The molecule has 0 N–H and O–H groups in total. The maximum Gasteiger partial charge on any atom is 0.223 e. The fourth-order valence-corrected chi connectivity index (χ4v) is 3.66. The Labute approximate surface area is 85.7 Å². The van der Waals surface area contributed by atoms with Crippen LogP contribution in [0.3, 0.4) is 0 Å². The second-order valence-corrected chi connectivity index (χ2v) is 5.88. The maximum absolute atomic E-state index is 12.0. The van der Waals surface area contributed by atoms with Gasteiger partial charge in [0.05, 0.1) is 0 Å². The standard InChI is InChI=1S/C12H19NO/c1-8(2)5-11(14)13-9-3-4-12(6-9)7-10(12)13/h8-10H,3-7H2,1-2H3. The fourth-order valence-electron chi connectivity index (χ4n) is 3.66. The van der Waals surface area contributed by atoms with Crippen LogP contribution in [0.25, 0.3) is 0 Å². The summed E-state index contributed by atoms with van der Waals surface area (Å²) in [6, 6.07) is 1.28. The van der Waals surface area contributed by atoms with Gasteiger partial charge in [0.25, 0.3) is 0 Å². The van der Waals surface area contributed by atoms with Crippen molar-refractivity contribution < 1.29 is 4.79 Å². The zero-order chi connectivity index (χ0) is 9.92. The van der Waals surface area contributed by atoms with Crippen molar-refractivity contribution in [3.05, 3.63) is 0 Å². The topological polar surface area (TPSA) is 20.3 Å². The average Bonchev–Trinajstić information content (AvgIpc) is 2.49. The van der Waals surface area contributed by atoms with Gasteiger partial charge in [-0.25, -0.2) is 0 Å². The van der Waals surface area contributed by atoms with Gasteiger partial charge in [0.2, 0.25) is 5.91 Å². The summed E-state index contributed by atoms with van der Waals surface area (Å²) in [5.41, 5.74) is 0.622. The third-order valence-electron chi connectivity index (χ3n) is 4.36. The molecule has 1 amide bonds. The van der Waals surface area contributed by atoms with Crippen molar-refractivity contribution in [2.75, 3.05) is 0 Å². The quantitative estimate of drug-likeness (QED) is 0.658. The molecule has 2 saturated carbocycles. The van der Waals surface area contributed by atoms with Crippen LogP contribution in [0.5, 0.6) is 0 Å². The van der Waals surface area contributed by atoms with E-state index < -0.39 is 0 Å². The highest BCUT2D eigenvalue weighted by molar-refractivity contribution is 5.78. The highest BCUT2D eigenvalue weighted by Crippen LogP contribution is 2.67. The van der Waals surface area contributed by atoms with E-state index >= 15 is 0 Å². The Morgan fingerprint density at radius 3 is 2.86 bits per heavy atom. The normalized spacial score (nSPS) is 43.2. The molecule has 2 aliphatic carbocycles. The summed E-state index contributed by atoms with van der Waals surface area (Å²) in [7, 11) is 0. The summed E-state index contributed by atoms with van der Waals surface area (Å²) in [5, 5.41) is 0. The predicted octanol–water partition coefficient (Wildman–Crippen LogP) is 2.19. The van der Waals surface area contributed by atoms with Gasteiger partial charge in [-0.1, -0.05) is 13.8 Å². The fraction of sp³-hybridized carbons (Fsp3) is 0.917. The van der Waals surface area contributed by atoms with E-state index in [9.17, 15) is 4.79 Å². The predicted molar refractivity (Wildman–Crippen MR) is 54.8 cm³/mol. The maximum atomic E-state index is 12.0. The molecule has 3 rings (SSSR count). The minimum atomic E-state index is 0.425. The average molecular weight is 193 g/mol. The molecular weight excluding hydrogens is 174 g/mol. The molecule has 1 spiro atoms. The number of piperidine rings is 2. The zero-order valence-electron chi connectivity index (χ0n) is 9.12. The van der Waals surface area contributed by atoms with Crippen LogP contribution in [0, 0.1) is 11.3 Å². The van der Waals surface area contributed by atoms with E-state index in [0.717, 1.165) is 6.42 Å². The summed E-state index contributed by atoms with van der Waals surface area (Å²) in [4.78, 5) is 14.2. The van der Waals surface area contributed by atoms with Crippen LogP contribution in [-0.4, -0.2) is 22.9 Å². The number of fused-ring (bicyclic) bond motifs is 1. The lowest BCUT2D eigenvalue weighted by molar-refractivity contribution is -0.134. The van der Waals surface area contributed by atoms with Crippen LogP contribution in [0.1, 0.15) is 46.0 Å². The lowest BCUT2D eigenvalue weighted by Gasteiger charge is -2.28. The number of rotatable bonds is 2. The molecule has 3 aliphatic rings. The first-order valence-corrected chi connectivity index (χ1v) is 5.93. The Kier molecular flexibility index (Phi) is 1.58. The molecule has 14 heavy (non-hydrogen) atoms. The first-order valence-electron chi connectivity index (χ1n) is 5.93. The van der Waals surface area contributed by atoms with Gasteiger partial charge in [-0.05, 0) is 37.0 Å². The van der Waals surface area contributed by atoms with Crippen LogP contribution in [0.4, 0.5) is 0 Å². The Morgan fingerprint density at radius 2 is 2.29 bits per heavy atom. The van der Waals surface area contributed by atoms with Crippen LogP contribution < -0.4 is 0 Å². The van der Waals surface area contributed by atoms with Gasteiger partial charge in [-0.2, -0.15) is 0 Å². The Bertz CT molecular complexity index is 282. The van der Waals surface area contributed by atoms with Crippen molar-refractivity contribution in [1.29, 1.82) is 0 Å². The molecular formula is C12H19NO. The zero-order valence-corrected chi connectivity index (χ0v) is 9.12. The SMILES string of the molecule is CC(C)CC(=O)N1C2CCC3(C2)CC13. The molecule has 2 bridgehead atoms. The van der Waals surface area contributed by atoms with Crippen LogP contribution in [-0.2, 0) is 4.79 Å². The number of hydrogen-bond donors (Lipinski definition) is 0. The van der Waals surface area contributed by atoms with Crippen LogP contribution in [0.2, 0.25) is 0 Å².